The molecule has 0 unspecified atom stereocenters. The van der Waals surface area contributed by atoms with Crippen LogP contribution in [0.15, 0.2) is 18.2 Å². The number of alkyl halides is 3. The highest BCUT2D eigenvalue weighted by molar-refractivity contribution is 7.21. The van der Waals surface area contributed by atoms with E-state index in [2.05, 4.69) is 24.4 Å². The highest BCUT2D eigenvalue weighted by Gasteiger charge is 2.32. The molecule has 1 fully saturated rings. The third kappa shape index (κ3) is 8.68. The van der Waals surface area contributed by atoms with Crippen LogP contribution in [-0.2, 0) is 6.18 Å². The van der Waals surface area contributed by atoms with Crippen LogP contribution in [0.5, 0.6) is 0 Å². The predicted octanol–water partition coefficient (Wildman–Crippen LogP) is 4.21. The minimum Gasteiger partial charge on any atom is -0.337 e. The number of benzene rings is 1. The average Bonchev–Trinajstić information content (AvgIpc) is 2.66. The summed E-state index contributed by atoms with van der Waals surface area (Å²) in [6.45, 7) is 9.52. The number of likely N-dealkylation sites (tertiary alicyclic amines) is 1. The lowest BCUT2D eigenvalue weighted by Crippen LogP contribution is -2.48. The summed E-state index contributed by atoms with van der Waals surface area (Å²) < 4.78 is 52.7. The Morgan fingerprint density at radius 2 is 1.81 bits per heavy atom. The highest BCUT2D eigenvalue weighted by atomic mass is 31.0. The summed E-state index contributed by atoms with van der Waals surface area (Å²) in [5.41, 5.74) is -0.700. The van der Waals surface area contributed by atoms with Crippen LogP contribution < -0.4 is 10.6 Å². The molecule has 0 spiro atoms. The van der Waals surface area contributed by atoms with Crippen LogP contribution in [0.1, 0.15) is 44.7 Å². The zero-order valence-electron chi connectivity index (χ0n) is 19.1. The van der Waals surface area contributed by atoms with Gasteiger partial charge in [0.1, 0.15) is 5.82 Å². The number of carbonyl (C=O) groups excluding carboxylic acids is 1. The molecular formula is C22H33F4N4OP. The Balaban J connectivity index is 1.79. The van der Waals surface area contributed by atoms with Gasteiger partial charge in [-0.1, -0.05) is 0 Å². The molecule has 1 heterocycles. The van der Waals surface area contributed by atoms with Crippen LogP contribution in [0.4, 0.5) is 22.4 Å². The number of urea groups is 1. The van der Waals surface area contributed by atoms with E-state index in [1.807, 2.05) is 25.7 Å². The van der Waals surface area contributed by atoms with Crippen molar-refractivity contribution in [2.24, 2.45) is 5.92 Å². The molecule has 1 saturated heterocycles. The number of amides is 2. The summed E-state index contributed by atoms with van der Waals surface area (Å²) in [6.07, 6.45) is -2.72. The third-order valence-corrected chi connectivity index (χ3v) is 5.99. The van der Waals surface area contributed by atoms with Crippen LogP contribution in [-0.4, -0.2) is 66.6 Å². The molecule has 32 heavy (non-hydrogen) atoms. The second kappa shape index (κ2) is 10.9. The van der Waals surface area contributed by atoms with Crippen molar-refractivity contribution in [3.05, 3.63) is 35.1 Å². The summed E-state index contributed by atoms with van der Waals surface area (Å²) >= 11 is 0. The lowest BCUT2D eigenvalue weighted by molar-refractivity contribution is -0.137. The molecule has 0 saturated carbocycles. The predicted molar refractivity (Wildman–Crippen MR) is 122 cm³/mol. The number of halogens is 4. The molecule has 2 amide bonds. The van der Waals surface area contributed by atoms with Crippen molar-refractivity contribution in [1.82, 2.24) is 20.4 Å². The van der Waals surface area contributed by atoms with Gasteiger partial charge >= 0.3 is 12.2 Å². The fraction of sp³-hybridized carbons (Fsp3) is 0.636. The molecule has 0 bridgehead atoms. The van der Waals surface area contributed by atoms with Crippen molar-refractivity contribution in [1.29, 1.82) is 0 Å². The molecule has 180 valence electrons. The average molecular weight is 476 g/mol. The summed E-state index contributed by atoms with van der Waals surface area (Å²) in [4.78, 5) is 15.9. The summed E-state index contributed by atoms with van der Waals surface area (Å²) in [5.74, 6) is -0.549. The standard InChI is InChI=1S/C22H33F4N4OP/c1-21(2,3)28-20(31)27-7-10-30-8-5-15(6-9-30)14-29(4)19(32)16-11-17(22(24,25)26)13-18(23)12-16/h11-13,15,32H,5-10,14H2,1-4H3,(H2,27,28,31). The number of rotatable bonds is 7. The molecule has 10 heteroatoms. The quantitative estimate of drug-likeness (QED) is 0.458. The monoisotopic (exact) mass is 476 g/mol. The van der Waals surface area contributed by atoms with Crippen LogP contribution in [0, 0.1) is 11.7 Å². The molecule has 1 aliphatic heterocycles. The van der Waals surface area contributed by atoms with Crippen LogP contribution >= 0.6 is 8.86 Å². The molecule has 2 rings (SSSR count). The first-order chi connectivity index (χ1) is 14.7. The largest absolute Gasteiger partial charge is 0.416 e. The van der Waals surface area contributed by atoms with Gasteiger partial charge in [-0.2, -0.15) is 13.2 Å². The molecule has 5 nitrogen and oxygen atoms in total. The van der Waals surface area contributed by atoms with Gasteiger partial charge in [0.15, 0.2) is 0 Å². The third-order valence-electron chi connectivity index (χ3n) is 5.32. The maximum Gasteiger partial charge on any atom is 0.416 e. The number of hydrogen-bond donors (Lipinski definition) is 2. The first-order valence-corrected chi connectivity index (χ1v) is 11.2. The molecule has 0 atom stereocenters. The summed E-state index contributed by atoms with van der Waals surface area (Å²) in [7, 11) is 5.19. The van der Waals surface area contributed by atoms with Gasteiger partial charge in [0.2, 0.25) is 0 Å². The van der Waals surface area contributed by atoms with Crippen molar-refractivity contribution in [2.75, 3.05) is 39.8 Å². The van der Waals surface area contributed by atoms with Gasteiger partial charge in [-0.05, 0) is 77.9 Å². The van der Waals surface area contributed by atoms with E-state index >= 15 is 0 Å². The zero-order chi connectivity index (χ0) is 24.1. The van der Waals surface area contributed by atoms with Crippen molar-refractivity contribution in [3.63, 3.8) is 0 Å². The SMILES string of the molecule is CN(CC1CCN(CCNC(=O)NC(C)(C)C)CC1)C(=P)c1cc(F)cc(C(F)(F)F)c1. The van der Waals surface area contributed by atoms with Gasteiger partial charge < -0.3 is 15.5 Å². The zero-order valence-corrected chi connectivity index (χ0v) is 20.1. The van der Waals surface area contributed by atoms with Crippen LogP contribution in [0.2, 0.25) is 0 Å². The lowest BCUT2D eigenvalue weighted by Gasteiger charge is -2.34. The maximum absolute atomic E-state index is 13.7. The molecule has 2 N–H and O–H groups in total. The highest BCUT2D eigenvalue weighted by Crippen LogP contribution is 2.31. The Hall–Kier alpha value is -1.70. The van der Waals surface area contributed by atoms with E-state index in [0.717, 1.165) is 44.6 Å². The molecule has 0 aliphatic carbocycles. The minimum absolute atomic E-state index is 0.161. The van der Waals surface area contributed by atoms with Crippen molar-refractivity contribution < 1.29 is 22.4 Å². The maximum atomic E-state index is 13.7. The molecular weight excluding hydrogens is 443 g/mol. The molecule has 1 aromatic rings. The van der Waals surface area contributed by atoms with Crippen LogP contribution in [0.25, 0.3) is 0 Å². The summed E-state index contributed by atoms with van der Waals surface area (Å²) in [5, 5.41) is 5.72. The smallest absolute Gasteiger partial charge is 0.337 e. The fourth-order valence-corrected chi connectivity index (χ4v) is 3.93. The molecule has 0 aromatic heterocycles. The number of hydrogen-bond acceptors (Lipinski definition) is 2. The van der Waals surface area contributed by atoms with E-state index in [-0.39, 0.29) is 17.1 Å². The molecule has 0 radical (unpaired) electrons. The number of piperidine rings is 1. The van der Waals surface area contributed by atoms with Crippen molar-refractivity contribution in [3.8, 4) is 0 Å². The minimum atomic E-state index is -4.60. The number of nitrogens with zero attached hydrogens (tertiary/aromatic N) is 2. The van der Waals surface area contributed by atoms with E-state index in [9.17, 15) is 22.4 Å². The Labute approximate surface area is 189 Å². The van der Waals surface area contributed by atoms with Gasteiger partial charge in [0.25, 0.3) is 0 Å². The number of nitrogens with one attached hydrogen (secondary N) is 2. The first-order valence-electron chi connectivity index (χ1n) is 10.7. The Morgan fingerprint density at radius 1 is 1.19 bits per heavy atom. The first kappa shape index (κ1) is 26.6. The van der Waals surface area contributed by atoms with Crippen molar-refractivity contribution in [2.45, 2.75) is 45.3 Å². The second-order valence-electron chi connectivity index (χ2n) is 9.37. The lowest BCUT2D eigenvalue weighted by atomic mass is 9.96. The van der Waals surface area contributed by atoms with Crippen molar-refractivity contribution >= 4 is 20.3 Å². The Kier molecular flexibility index (Phi) is 9.08. The van der Waals surface area contributed by atoms with Gasteiger partial charge in [-0.3, -0.25) is 4.90 Å². The van der Waals surface area contributed by atoms with Gasteiger partial charge in [0, 0.05) is 36.2 Å². The fourth-order valence-electron chi connectivity index (χ4n) is 3.69. The van der Waals surface area contributed by atoms with E-state index in [4.69, 9.17) is 0 Å². The Bertz CT molecular complexity index is 802. The van der Waals surface area contributed by atoms with E-state index < -0.39 is 17.6 Å². The normalized spacial score (nSPS) is 16.3. The van der Waals surface area contributed by atoms with E-state index in [1.165, 1.54) is 0 Å². The molecule has 1 aliphatic rings. The van der Waals surface area contributed by atoms with Gasteiger partial charge in [-0.25, -0.2) is 9.18 Å². The Morgan fingerprint density at radius 3 is 2.38 bits per heavy atom. The van der Waals surface area contributed by atoms with Gasteiger partial charge in [-0.15, -0.1) is 8.86 Å². The van der Waals surface area contributed by atoms with E-state index in [1.54, 1.807) is 7.05 Å². The van der Waals surface area contributed by atoms with Gasteiger partial charge in [0.05, 0.1) is 5.56 Å². The topological polar surface area (TPSA) is 47.6 Å². The molecule has 1 aromatic carbocycles. The van der Waals surface area contributed by atoms with E-state index in [0.29, 0.717) is 30.5 Å². The number of carbonyl (C=O) groups is 1. The van der Waals surface area contributed by atoms with Crippen LogP contribution in [0.3, 0.4) is 0 Å². The summed E-state index contributed by atoms with van der Waals surface area (Å²) in [6, 6.07) is 2.37. The second-order valence-corrected chi connectivity index (χ2v) is 9.84.